The fourth-order valence-corrected chi connectivity index (χ4v) is 3.00. The van der Waals surface area contributed by atoms with Gasteiger partial charge in [0.2, 0.25) is 0 Å². The maximum absolute atomic E-state index is 12.2. The second-order valence-electron chi connectivity index (χ2n) is 5.28. The molecule has 26 heavy (non-hydrogen) atoms. The number of benzene rings is 2. The van der Waals surface area contributed by atoms with Crippen LogP contribution >= 0.6 is 23.6 Å². The van der Waals surface area contributed by atoms with E-state index in [1.807, 2.05) is 42.5 Å². The number of hydrogen-bond donors (Lipinski definition) is 3. The van der Waals surface area contributed by atoms with Gasteiger partial charge in [0.25, 0.3) is 11.8 Å². The number of thiophene rings is 1. The predicted octanol–water partition coefficient (Wildman–Crippen LogP) is 3.36. The van der Waals surface area contributed by atoms with Crippen molar-refractivity contribution in [2.45, 2.75) is 0 Å². The van der Waals surface area contributed by atoms with Gasteiger partial charge in [-0.2, -0.15) is 0 Å². The lowest BCUT2D eigenvalue weighted by atomic mass is 10.0. The van der Waals surface area contributed by atoms with E-state index in [0.29, 0.717) is 10.4 Å². The zero-order chi connectivity index (χ0) is 18.4. The summed E-state index contributed by atoms with van der Waals surface area (Å²) < 4.78 is 0. The molecule has 0 fully saturated rings. The summed E-state index contributed by atoms with van der Waals surface area (Å²) in [5.41, 5.74) is 7.52. The third-order valence-electron chi connectivity index (χ3n) is 3.52. The number of carbonyl (C=O) groups is 2. The van der Waals surface area contributed by atoms with E-state index in [1.54, 1.807) is 29.6 Å². The van der Waals surface area contributed by atoms with Gasteiger partial charge < -0.3 is 0 Å². The third-order valence-corrected chi connectivity index (χ3v) is 4.59. The minimum atomic E-state index is -0.354. The van der Waals surface area contributed by atoms with Crippen LogP contribution in [0.25, 0.3) is 11.1 Å². The molecule has 2 amide bonds. The monoisotopic (exact) mass is 381 g/mol. The van der Waals surface area contributed by atoms with Gasteiger partial charge in [0.05, 0.1) is 4.88 Å². The lowest BCUT2D eigenvalue weighted by Gasteiger charge is -2.10. The van der Waals surface area contributed by atoms with Gasteiger partial charge in [-0.25, -0.2) is 0 Å². The minimum absolute atomic E-state index is 0.0204. The number of carbonyl (C=O) groups excluding carboxylic acids is 2. The molecule has 0 atom stereocenters. The van der Waals surface area contributed by atoms with Crippen molar-refractivity contribution in [1.29, 1.82) is 0 Å². The first-order valence-electron chi connectivity index (χ1n) is 7.74. The standard InChI is InChI=1S/C19H15N3O2S2/c23-17(20-19(25)22-21-18(24)16-7-4-12-26-16)15-10-8-14(9-11-15)13-5-2-1-3-6-13/h1-12H,(H,21,24)(H2,20,22,23,25). The predicted molar refractivity (Wildman–Crippen MR) is 107 cm³/mol. The molecule has 130 valence electrons. The molecule has 0 spiro atoms. The molecule has 0 radical (unpaired) electrons. The van der Waals surface area contributed by atoms with Crippen LogP contribution in [0.2, 0.25) is 0 Å². The second-order valence-corrected chi connectivity index (χ2v) is 6.64. The highest BCUT2D eigenvalue weighted by atomic mass is 32.1. The van der Waals surface area contributed by atoms with Crippen LogP contribution in [0, 0.1) is 0 Å². The number of rotatable bonds is 3. The lowest BCUT2D eigenvalue weighted by Crippen LogP contribution is -2.48. The molecule has 1 heterocycles. The van der Waals surface area contributed by atoms with Gasteiger partial charge in [-0.05, 0) is 46.9 Å². The SMILES string of the molecule is O=C(NC(=S)NNC(=O)c1cccs1)c1ccc(-c2ccccc2)cc1. The normalized spacial score (nSPS) is 10.0. The van der Waals surface area contributed by atoms with Crippen LogP contribution in [-0.2, 0) is 0 Å². The fourth-order valence-electron chi connectivity index (χ4n) is 2.23. The molecule has 0 unspecified atom stereocenters. The maximum Gasteiger partial charge on any atom is 0.279 e. The molecule has 5 nitrogen and oxygen atoms in total. The molecule has 0 aliphatic rings. The average Bonchev–Trinajstić information content (AvgIpc) is 3.22. The van der Waals surface area contributed by atoms with Gasteiger partial charge >= 0.3 is 0 Å². The van der Waals surface area contributed by atoms with Crippen LogP contribution in [0.15, 0.2) is 72.1 Å². The van der Waals surface area contributed by atoms with Crippen molar-refractivity contribution in [1.82, 2.24) is 16.2 Å². The van der Waals surface area contributed by atoms with Crippen molar-refractivity contribution >= 4 is 40.5 Å². The van der Waals surface area contributed by atoms with E-state index < -0.39 is 0 Å². The zero-order valence-corrected chi connectivity index (χ0v) is 15.2. The first-order valence-corrected chi connectivity index (χ1v) is 9.03. The first kappa shape index (κ1) is 17.8. The summed E-state index contributed by atoms with van der Waals surface area (Å²) in [6.45, 7) is 0. The highest BCUT2D eigenvalue weighted by Gasteiger charge is 2.10. The summed E-state index contributed by atoms with van der Waals surface area (Å²) in [6.07, 6.45) is 0. The number of hydrazine groups is 1. The van der Waals surface area contributed by atoms with Gasteiger partial charge in [0, 0.05) is 5.56 Å². The number of thiocarbonyl (C=S) groups is 1. The van der Waals surface area contributed by atoms with Crippen LogP contribution in [0.1, 0.15) is 20.0 Å². The molecule has 0 aliphatic carbocycles. The molecule has 1 aromatic heterocycles. The quantitative estimate of drug-likeness (QED) is 0.481. The maximum atomic E-state index is 12.2. The smallest absolute Gasteiger partial charge is 0.279 e. The van der Waals surface area contributed by atoms with E-state index in [9.17, 15) is 9.59 Å². The largest absolute Gasteiger partial charge is 0.298 e. The van der Waals surface area contributed by atoms with Crippen molar-refractivity contribution in [3.8, 4) is 11.1 Å². The summed E-state index contributed by atoms with van der Waals surface area (Å²) in [5.74, 6) is -0.670. The van der Waals surface area contributed by atoms with Crippen LogP contribution in [0.5, 0.6) is 0 Å². The van der Waals surface area contributed by atoms with Crippen molar-refractivity contribution in [2.75, 3.05) is 0 Å². The van der Waals surface area contributed by atoms with E-state index in [0.717, 1.165) is 11.1 Å². The van der Waals surface area contributed by atoms with Crippen molar-refractivity contribution in [3.05, 3.63) is 82.6 Å². The van der Waals surface area contributed by atoms with Crippen molar-refractivity contribution in [2.24, 2.45) is 0 Å². The fraction of sp³-hybridized carbons (Fsp3) is 0. The lowest BCUT2D eigenvalue weighted by molar-refractivity contribution is 0.0938. The van der Waals surface area contributed by atoms with Crippen molar-refractivity contribution in [3.63, 3.8) is 0 Å². The van der Waals surface area contributed by atoms with Crippen LogP contribution in [-0.4, -0.2) is 16.9 Å². The van der Waals surface area contributed by atoms with E-state index in [-0.39, 0.29) is 16.9 Å². The highest BCUT2D eigenvalue weighted by Crippen LogP contribution is 2.19. The highest BCUT2D eigenvalue weighted by molar-refractivity contribution is 7.80. The number of nitrogens with one attached hydrogen (secondary N) is 3. The molecule has 2 aromatic carbocycles. The Morgan fingerprint density at radius 3 is 2.12 bits per heavy atom. The zero-order valence-electron chi connectivity index (χ0n) is 13.6. The number of hydrogen-bond acceptors (Lipinski definition) is 4. The Hall–Kier alpha value is -3.03. The van der Waals surface area contributed by atoms with E-state index in [1.165, 1.54) is 11.3 Å². The Morgan fingerprint density at radius 1 is 0.769 bits per heavy atom. The van der Waals surface area contributed by atoms with Crippen LogP contribution in [0.3, 0.4) is 0 Å². The molecule has 7 heteroatoms. The molecule has 0 saturated carbocycles. The van der Waals surface area contributed by atoms with E-state index in [2.05, 4.69) is 16.2 Å². The minimum Gasteiger partial charge on any atom is -0.298 e. The Bertz CT molecular complexity index is 908. The van der Waals surface area contributed by atoms with Gasteiger partial charge in [0.15, 0.2) is 5.11 Å². The van der Waals surface area contributed by atoms with Gasteiger partial charge in [-0.3, -0.25) is 25.8 Å². The van der Waals surface area contributed by atoms with Gasteiger partial charge in [0.1, 0.15) is 0 Å². The second kappa shape index (κ2) is 8.37. The first-order chi connectivity index (χ1) is 12.6. The Morgan fingerprint density at radius 2 is 1.46 bits per heavy atom. The van der Waals surface area contributed by atoms with Crippen LogP contribution < -0.4 is 16.2 Å². The van der Waals surface area contributed by atoms with E-state index in [4.69, 9.17) is 12.2 Å². The molecule has 3 aromatic rings. The average molecular weight is 381 g/mol. The molecular weight excluding hydrogens is 366 g/mol. The molecular formula is C19H15N3O2S2. The Balaban J connectivity index is 1.54. The molecule has 0 bridgehead atoms. The summed E-state index contributed by atoms with van der Waals surface area (Å²) in [7, 11) is 0. The summed E-state index contributed by atoms with van der Waals surface area (Å²) >= 11 is 6.34. The van der Waals surface area contributed by atoms with Gasteiger partial charge in [-0.15, -0.1) is 11.3 Å². The van der Waals surface area contributed by atoms with Crippen LogP contribution in [0.4, 0.5) is 0 Å². The molecule has 0 aliphatic heterocycles. The Labute approximate surface area is 160 Å². The van der Waals surface area contributed by atoms with Gasteiger partial charge in [-0.1, -0.05) is 48.5 Å². The molecule has 3 rings (SSSR count). The van der Waals surface area contributed by atoms with Crippen molar-refractivity contribution < 1.29 is 9.59 Å². The Kier molecular flexibility index (Phi) is 5.73. The molecule has 0 saturated heterocycles. The molecule has 3 N–H and O–H groups in total. The topological polar surface area (TPSA) is 70.2 Å². The van der Waals surface area contributed by atoms with E-state index >= 15 is 0 Å². The summed E-state index contributed by atoms with van der Waals surface area (Å²) in [5, 5.41) is 4.35. The third kappa shape index (κ3) is 4.53. The summed E-state index contributed by atoms with van der Waals surface area (Å²) in [4.78, 5) is 24.6. The summed E-state index contributed by atoms with van der Waals surface area (Å²) in [6, 6.07) is 20.6. The number of amides is 2.